The fourth-order valence-electron chi connectivity index (χ4n) is 1.76. The zero-order valence-corrected chi connectivity index (χ0v) is 12.8. The van der Waals surface area contributed by atoms with E-state index in [4.69, 9.17) is 5.73 Å². The van der Waals surface area contributed by atoms with Crippen LogP contribution in [0.2, 0.25) is 0 Å². The van der Waals surface area contributed by atoms with Crippen LogP contribution in [0.15, 0.2) is 30.3 Å². The highest BCUT2D eigenvalue weighted by atomic mass is 16.2. The largest absolute Gasteiger partial charge is 0.364 e. The van der Waals surface area contributed by atoms with Crippen molar-refractivity contribution in [1.29, 1.82) is 0 Å². The summed E-state index contributed by atoms with van der Waals surface area (Å²) in [6.45, 7) is 5.70. The number of hydrogen-bond donors (Lipinski definition) is 2. The van der Waals surface area contributed by atoms with E-state index in [-0.39, 0.29) is 17.4 Å². The normalized spacial score (nSPS) is 11.2. The summed E-state index contributed by atoms with van der Waals surface area (Å²) in [5.74, 6) is -0.758. The number of carbonyl (C=O) groups excluding carboxylic acids is 2. The summed E-state index contributed by atoms with van der Waals surface area (Å²) in [7, 11) is 0. The molecule has 0 aliphatic heterocycles. The van der Waals surface area contributed by atoms with Crippen molar-refractivity contribution >= 4 is 17.6 Å². The van der Waals surface area contributed by atoms with Crippen molar-refractivity contribution < 1.29 is 9.59 Å². The standard InChI is InChI=1S/C15H19N5O2/c1-15(2,3)14(22)17-13-11(12(16)21)18-19-20(13)9-10-7-5-4-6-8-10/h4-8H,9H2,1-3H3,(H2,16,21)(H,17,22). The number of nitrogens with two attached hydrogens (primary N) is 1. The van der Waals surface area contributed by atoms with E-state index in [9.17, 15) is 9.59 Å². The minimum atomic E-state index is -0.733. The molecule has 0 aliphatic rings. The van der Waals surface area contributed by atoms with E-state index in [1.807, 2.05) is 30.3 Å². The number of primary amides is 1. The molecule has 0 aliphatic carbocycles. The molecule has 116 valence electrons. The Kier molecular flexibility index (Phi) is 4.25. The lowest BCUT2D eigenvalue weighted by Crippen LogP contribution is -2.30. The molecule has 7 heteroatoms. The second kappa shape index (κ2) is 5.97. The van der Waals surface area contributed by atoms with Crippen LogP contribution >= 0.6 is 0 Å². The summed E-state index contributed by atoms with van der Waals surface area (Å²) in [5, 5.41) is 10.4. The molecular weight excluding hydrogens is 282 g/mol. The molecule has 3 N–H and O–H groups in total. The third-order valence-electron chi connectivity index (χ3n) is 3.06. The molecule has 7 nitrogen and oxygen atoms in total. The topological polar surface area (TPSA) is 103 Å². The van der Waals surface area contributed by atoms with Crippen LogP contribution in [0.4, 0.5) is 5.82 Å². The lowest BCUT2D eigenvalue weighted by atomic mass is 9.96. The molecule has 22 heavy (non-hydrogen) atoms. The Morgan fingerprint density at radius 1 is 1.23 bits per heavy atom. The first-order valence-corrected chi connectivity index (χ1v) is 6.87. The summed E-state index contributed by atoms with van der Waals surface area (Å²) in [6, 6.07) is 9.53. The molecular formula is C15H19N5O2. The van der Waals surface area contributed by atoms with E-state index in [0.29, 0.717) is 6.54 Å². The summed E-state index contributed by atoms with van der Waals surface area (Å²) < 4.78 is 1.46. The van der Waals surface area contributed by atoms with Crippen molar-refractivity contribution in [2.45, 2.75) is 27.3 Å². The lowest BCUT2D eigenvalue weighted by Gasteiger charge is -2.18. The number of hydrogen-bond acceptors (Lipinski definition) is 4. The molecule has 0 saturated heterocycles. The highest BCUT2D eigenvalue weighted by Crippen LogP contribution is 2.20. The van der Waals surface area contributed by atoms with Crippen LogP contribution in [0.3, 0.4) is 0 Å². The van der Waals surface area contributed by atoms with Gasteiger partial charge in [0.15, 0.2) is 11.5 Å². The number of aromatic nitrogens is 3. The number of benzene rings is 1. The van der Waals surface area contributed by atoms with E-state index in [0.717, 1.165) is 5.56 Å². The van der Waals surface area contributed by atoms with Crippen molar-refractivity contribution in [3.05, 3.63) is 41.6 Å². The number of carbonyl (C=O) groups is 2. The lowest BCUT2D eigenvalue weighted by molar-refractivity contribution is -0.123. The molecule has 0 unspecified atom stereocenters. The highest BCUT2D eigenvalue weighted by molar-refractivity contribution is 6.01. The smallest absolute Gasteiger partial charge is 0.273 e. The maximum atomic E-state index is 12.2. The second-order valence-corrected chi connectivity index (χ2v) is 6.00. The van der Waals surface area contributed by atoms with E-state index in [2.05, 4.69) is 15.6 Å². The Labute approximate surface area is 128 Å². The van der Waals surface area contributed by atoms with E-state index in [1.54, 1.807) is 20.8 Å². The molecule has 1 aromatic heterocycles. The van der Waals surface area contributed by atoms with E-state index in [1.165, 1.54) is 4.68 Å². The van der Waals surface area contributed by atoms with Crippen LogP contribution in [0.1, 0.15) is 36.8 Å². The van der Waals surface area contributed by atoms with Gasteiger partial charge in [-0.2, -0.15) is 0 Å². The van der Waals surface area contributed by atoms with Gasteiger partial charge in [0.2, 0.25) is 5.91 Å². The average Bonchev–Trinajstić information content (AvgIpc) is 2.82. The van der Waals surface area contributed by atoms with Gasteiger partial charge >= 0.3 is 0 Å². The van der Waals surface area contributed by atoms with Crippen LogP contribution < -0.4 is 11.1 Å². The first-order valence-electron chi connectivity index (χ1n) is 6.87. The van der Waals surface area contributed by atoms with Crippen molar-refractivity contribution in [2.24, 2.45) is 11.1 Å². The van der Waals surface area contributed by atoms with Crippen LogP contribution in [-0.2, 0) is 11.3 Å². The van der Waals surface area contributed by atoms with E-state index < -0.39 is 11.3 Å². The Morgan fingerprint density at radius 3 is 2.41 bits per heavy atom. The second-order valence-electron chi connectivity index (χ2n) is 6.00. The molecule has 0 radical (unpaired) electrons. The highest BCUT2D eigenvalue weighted by Gasteiger charge is 2.26. The Bertz CT molecular complexity index is 686. The minimum absolute atomic E-state index is 0.0477. The van der Waals surface area contributed by atoms with Crippen LogP contribution in [-0.4, -0.2) is 26.8 Å². The van der Waals surface area contributed by atoms with Crippen LogP contribution in [0.5, 0.6) is 0 Å². The van der Waals surface area contributed by atoms with Gasteiger partial charge in [-0.25, -0.2) is 4.68 Å². The summed E-state index contributed by atoms with van der Waals surface area (Å²) >= 11 is 0. The van der Waals surface area contributed by atoms with Crippen molar-refractivity contribution in [3.63, 3.8) is 0 Å². The summed E-state index contributed by atoms with van der Waals surface area (Å²) in [6.07, 6.45) is 0. The van der Waals surface area contributed by atoms with Crippen LogP contribution in [0, 0.1) is 5.41 Å². The van der Waals surface area contributed by atoms with Crippen molar-refractivity contribution in [1.82, 2.24) is 15.0 Å². The van der Waals surface area contributed by atoms with Gasteiger partial charge < -0.3 is 11.1 Å². The maximum absolute atomic E-state index is 12.2. The Hall–Kier alpha value is -2.70. The fraction of sp³-hybridized carbons (Fsp3) is 0.333. The molecule has 0 spiro atoms. The van der Waals surface area contributed by atoms with Gasteiger partial charge in [0.25, 0.3) is 5.91 Å². The molecule has 0 atom stereocenters. The van der Waals surface area contributed by atoms with Crippen LogP contribution in [0.25, 0.3) is 0 Å². The molecule has 0 saturated carbocycles. The van der Waals surface area contributed by atoms with Gasteiger partial charge in [-0.1, -0.05) is 56.3 Å². The molecule has 0 bridgehead atoms. The predicted molar refractivity (Wildman–Crippen MR) is 82.2 cm³/mol. The zero-order valence-electron chi connectivity index (χ0n) is 12.8. The Morgan fingerprint density at radius 2 is 1.86 bits per heavy atom. The summed E-state index contributed by atoms with van der Waals surface area (Å²) in [5.41, 5.74) is 5.61. The SMILES string of the molecule is CC(C)(C)C(=O)Nc1c(C(N)=O)nnn1Cc1ccccc1. The zero-order chi connectivity index (χ0) is 16.3. The average molecular weight is 301 g/mol. The molecule has 1 aromatic carbocycles. The number of nitrogens with zero attached hydrogens (tertiary/aromatic N) is 3. The molecule has 0 fully saturated rings. The molecule has 2 rings (SSSR count). The Balaban J connectivity index is 2.35. The van der Waals surface area contributed by atoms with Gasteiger partial charge in [0.05, 0.1) is 6.54 Å². The number of rotatable bonds is 4. The van der Waals surface area contributed by atoms with Gasteiger partial charge in [-0.15, -0.1) is 5.10 Å². The minimum Gasteiger partial charge on any atom is -0.364 e. The molecule has 2 amide bonds. The third kappa shape index (κ3) is 3.49. The number of nitrogens with one attached hydrogen (secondary N) is 1. The van der Waals surface area contributed by atoms with Gasteiger partial charge in [0, 0.05) is 5.41 Å². The van der Waals surface area contributed by atoms with Gasteiger partial charge in [0.1, 0.15) is 0 Å². The number of amides is 2. The van der Waals surface area contributed by atoms with Crippen molar-refractivity contribution in [3.8, 4) is 0 Å². The van der Waals surface area contributed by atoms with Gasteiger partial charge in [-0.3, -0.25) is 9.59 Å². The quantitative estimate of drug-likeness (QED) is 0.891. The van der Waals surface area contributed by atoms with Crippen molar-refractivity contribution in [2.75, 3.05) is 5.32 Å². The monoisotopic (exact) mass is 301 g/mol. The molecule has 2 aromatic rings. The van der Waals surface area contributed by atoms with E-state index >= 15 is 0 Å². The fourth-order valence-corrected chi connectivity index (χ4v) is 1.76. The maximum Gasteiger partial charge on any atom is 0.273 e. The first-order chi connectivity index (χ1) is 10.3. The number of anilines is 1. The predicted octanol–water partition coefficient (Wildman–Crippen LogP) is 1.41. The molecule has 1 heterocycles. The first kappa shape index (κ1) is 15.7. The van der Waals surface area contributed by atoms with Gasteiger partial charge in [-0.05, 0) is 5.56 Å². The summed E-state index contributed by atoms with van der Waals surface area (Å²) in [4.78, 5) is 23.7. The third-order valence-corrected chi connectivity index (χ3v) is 3.06.